The van der Waals surface area contributed by atoms with Crippen LogP contribution in [-0.4, -0.2) is 30.0 Å². The summed E-state index contributed by atoms with van der Waals surface area (Å²) >= 11 is 1.49. The van der Waals surface area contributed by atoms with Gasteiger partial charge in [0.1, 0.15) is 11.9 Å². The maximum absolute atomic E-state index is 12.2. The molecule has 1 aromatic heterocycles. The minimum atomic E-state index is 0.103. The Labute approximate surface area is 116 Å². The second-order valence-electron chi connectivity index (χ2n) is 4.57. The largest absolute Gasteiger partial charge is 0.489 e. The number of benzene rings is 1. The number of para-hydroxylation sites is 1. The number of hydrogen-bond acceptors (Lipinski definition) is 3. The molecule has 0 saturated carbocycles. The summed E-state index contributed by atoms with van der Waals surface area (Å²) in [7, 11) is 0. The lowest BCUT2D eigenvalue weighted by Gasteiger charge is -2.16. The van der Waals surface area contributed by atoms with E-state index in [2.05, 4.69) is 0 Å². The van der Waals surface area contributed by atoms with E-state index in [0.29, 0.717) is 6.54 Å². The fraction of sp³-hybridized carbons (Fsp3) is 0.267. The summed E-state index contributed by atoms with van der Waals surface area (Å²) in [5.74, 6) is 0.993. The Morgan fingerprint density at radius 1 is 1.21 bits per heavy atom. The summed E-state index contributed by atoms with van der Waals surface area (Å²) < 4.78 is 5.88. The third-order valence-electron chi connectivity index (χ3n) is 3.21. The van der Waals surface area contributed by atoms with Gasteiger partial charge in [0.15, 0.2) is 0 Å². The van der Waals surface area contributed by atoms with Gasteiger partial charge in [-0.25, -0.2) is 0 Å². The molecule has 2 heterocycles. The molecule has 0 N–H and O–H groups in total. The molecule has 1 aliphatic rings. The smallest absolute Gasteiger partial charge is 0.264 e. The van der Waals surface area contributed by atoms with E-state index in [1.54, 1.807) is 0 Å². The zero-order chi connectivity index (χ0) is 13.1. The summed E-state index contributed by atoms with van der Waals surface area (Å²) in [6.45, 7) is 1.44. The molecule has 1 atom stereocenters. The van der Waals surface area contributed by atoms with E-state index in [1.165, 1.54) is 11.3 Å². The average Bonchev–Trinajstić information content (AvgIpc) is 3.10. The number of amides is 1. The van der Waals surface area contributed by atoms with E-state index in [9.17, 15) is 4.79 Å². The lowest BCUT2D eigenvalue weighted by molar-refractivity contribution is 0.0777. The summed E-state index contributed by atoms with van der Waals surface area (Å²) in [4.78, 5) is 14.9. The van der Waals surface area contributed by atoms with Crippen LogP contribution in [0.25, 0.3) is 0 Å². The molecule has 1 fully saturated rings. The van der Waals surface area contributed by atoms with E-state index in [0.717, 1.165) is 23.6 Å². The van der Waals surface area contributed by atoms with Crippen molar-refractivity contribution < 1.29 is 9.53 Å². The SMILES string of the molecule is O=C(c1cccs1)N1CCC(Oc2ccccc2)C1. The van der Waals surface area contributed by atoms with Gasteiger partial charge in [0.25, 0.3) is 5.91 Å². The number of rotatable bonds is 3. The van der Waals surface area contributed by atoms with E-state index in [4.69, 9.17) is 4.74 Å². The fourth-order valence-electron chi connectivity index (χ4n) is 2.26. The quantitative estimate of drug-likeness (QED) is 0.860. The Morgan fingerprint density at radius 2 is 2.05 bits per heavy atom. The van der Waals surface area contributed by atoms with Crippen LogP contribution < -0.4 is 4.74 Å². The highest BCUT2D eigenvalue weighted by molar-refractivity contribution is 7.12. The summed E-state index contributed by atoms with van der Waals surface area (Å²) in [5.41, 5.74) is 0. The molecule has 0 radical (unpaired) electrons. The van der Waals surface area contributed by atoms with Crippen molar-refractivity contribution in [1.29, 1.82) is 0 Å². The molecule has 1 aromatic carbocycles. The molecule has 1 amide bonds. The minimum Gasteiger partial charge on any atom is -0.489 e. The molecule has 1 unspecified atom stereocenters. The zero-order valence-electron chi connectivity index (χ0n) is 10.5. The normalized spacial score (nSPS) is 18.5. The predicted octanol–water partition coefficient (Wildman–Crippen LogP) is 3.04. The number of carbonyl (C=O) groups is 1. The van der Waals surface area contributed by atoms with Crippen molar-refractivity contribution >= 4 is 17.2 Å². The van der Waals surface area contributed by atoms with Crippen molar-refractivity contribution in [3.8, 4) is 5.75 Å². The molecule has 19 heavy (non-hydrogen) atoms. The van der Waals surface area contributed by atoms with Crippen LogP contribution in [-0.2, 0) is 0 Å². The van der Waals surface area contributed by atoms with Crippen LogP contribution in [0.2, 0.25) is 0 Å². The number of carbonyl (C=O) groups excluding carboxylic acids is 1. The van der Waals surface area contributed by atoms with Gasteiger partial charge in [0, 0.05) is 13.0 Å². The third-order valence-corrected chi connectivity index (χ3v) is 4.07. The molecule has 3 nitrogen and oxygen atoms in total. The van der Waals surface area contributed by atoms with Crippen LogP contribution in [0.4, 0.5) is 0 Å². The topological polar surface area (TPSA) is 29.5 Å². The highest BCUT2D eigenvalue weighted by Gasteiger charge is 2.28. The molecule has 98 valence electrons. The molecule has 0 aliphatic carbocycles. The monoisotopic (exact) mass is 273 g/mol. The lowest BCUT2D eigenvalue weighted by atomic mass is 10.3. The maximum atomic E-state index is 12.2. The molecule has 1 saturated heterocycles. The standard InChI is InChI=1S/C15H15NO2S/c17-15(14-7-4-10-19-14)16-9-8-13(11-16)18-12-5-2-1-3-6-12/h1-7,10,13H,8-9,11H2. The molecule has 2 aromatic rings. The average molecular weight is 273 g/mol. The first-order valence-corrected chi connectivity index (χ1v) is 7.25. The van der Waals surface area contributed by atoms with Crippen molar-refractivity contribution in [3.05, 3.63) is 52.7 Å². The molecule has 4 heteroatoms. The van der Waals surface area contributed by atoms with Gasteiger partial charge in [-0.3, -0.25) is 4.79 Å². The van der Waals surface area contributed by atoms with Crippen molar-refractivity contribution in [1.82, 2.24) is 4.90 Å². The van der Waals surface area contributed by atoms with Gasteiger partial charge < -0.3 is 9.64 Å². The van der Waals surface area contributed by atoms with Gasteiger partial charge in [0.2, 0.25) is 0 Å². The molecule has 3 rings (SSSR count). The Morgan fingerprint density at radius 3 is 2.79 bits per heavy atom. The van der Waals surface area contributed by atoms with Crippen LogP contribution >= 0.6 is 11.3 Å². The van der Waals surface area contributed by atoms with Gasteiger partial charge in [-0.05, 0) is 23.6 Å². The van der Waals surface area contributed by atoms with E-state index in [1.807, 2.05) is 52.7 Å². The number of ether oxygens (including phenoxy) is 1. The Bertz CT molecular complexity index is 539. The molecule has 0 spiro atoms. The number of nitrogens with zero attached hydrogens (tertiary/aromatic N) is 1. The van der Waals surface area contributed by atoms with Crippen molar-refractivity contribution in [3.63, 3.8) is 0 Å². The van der Waals surface area contributed by atoms with Gasteiger partial charge >= 0.3 is 0 Å². The van der Waals surface area contributed by atoms with E-state index < -0.39 is 0 Å². The van der Waals surface area contributed by atoms with Crippen molar-refractivity contribution in [2.45, 2.75) is 12.5 Å². The molecule has 1 aliphatic heterocycles. The Kier molecular flexibility index (Phi) is 3.51. The zero-order valence-corrected chi connectivity index (χ0v) is 11.3. The van der Waals surface area contributed by atoms with E-state index in [-0.39, 0.29) is 12.0 Å². The van der Waals surface area contributed by atoms with Crippen LogP contribution in [0.1, 0.15) is 16.1 Å². The number of likely N-dealkylation sites (tertiary alicyclic amines) is 1. The predicted molar refractivity (Wildman–Crippen MR) is 75.7 cm³/mol. The van der Waals surface area contributed by atoms with Crippen molar-refractivity contribution in [2.24, 2.45) is 0 Å². The Hall–Kier alpha value is -1.81. The highest BCUT2D eigenvalue weighted by Crippen LogP contribution is 2.21. The van der Waals surface area contributed by atoms with Crippen LogP contribution in [0, 0.1) is 0 Å². The van der Waals surface area contributed by atoms with Crippen LogP contribution in [0.5, 0.6) is 5.75 Å². The lowest BCUT2D eigenvalue weighted by Crippen LogP contribution is -2.30. The number of thiophene rings is 1. The second kappa shape index (κ2) is 5.45. The second-order valence-corrected chi connectivity index (χ2v) is 5.52. The van der Waals surface area contributed by atoms with Gasteiger partial charge in [-0.2, -0.15) is 0 Å². The molecular formula is C15H15NO2S. The molecular weight excluding hydrogens is 258 g/mol. The first-order valence-electron chi connectivity index (χ1n) is 6.37. The van der Waals surface area contributed by atoms with Gasteiger partial charge in [-0.15, -0.1) is 11.3 Å². The highest BCUT2D eigenvalue weighted by atomic mass is 32.1. The third kappa shape index (κ3) is 2.79. The van der Waals surface area contributed by atoms with Gasteiger partial charge in [0.05, 0.1) is 11.4 Å². The van der Waals surface area contributed by atoms with Crippen LogP contribution in [0.3, 0.4) is 0 Å². The van der Waals surface area contributed by atoms with E-state index >= 15 is 0 Å². The molecule has 0 bridgehead atoms. The number of hydrogen-bond donors (Lipinski definition) is 0. The summed E-state index contributed by atoms with van der Waals surface area (Å²) in [6, 6.07) is 13.6. The minimum absolute atomic E-state index is 0.103. The van der Waals surface area contributed by atoms with Crippen molar-refractivity contribution in [2.75, 3.05) is 13.1 Å². The van der Waals surface area contributed by atoms with Gasteiger partial charge in [-0.1, -0.05) is 24.3 Å². The first-order chi connectivity index (χ1) is 9.33. The summed E-state index contributed by atoms with van der Waals surface area (Å²) in [5, 5.41) is 1.93. The Balaban J connectivity index is 1.60. The first kappa shape index (κ1) is 12.2. The summed E-state index contributed by atoms with van der Waals surface area (Å²) in [6.07, 6.45) is 0.998. The fourth-order valence-corrected chi connectivity index (χ4v) is 2.95. The van der Waals surface area contributed by atoms with Crippen LogP contribution in [0.15, 0.2) is 47.8 Å². The maximum Gasteiger partial charge on any atom is 0.264 e.